The molecule has 0 radical (unpaired) electrons. The molecule has 0 aliphatic carbocycles. The Kier molecular flexibility index (Phi) is 5.94. The zero-order valence-electron chi connectivity index (χ0n) is 14.1. The Bertz CT molecular complexity index is 704. The maximum Gasteiger partial charge on any atom is 0.234 e. The van der Waals surface area contributed by atoms with Crippen molar-refractivity contribution in [3.63, 3.8) is 0 Å². The van der Waals surface area contributed by atoms with Gasteiger partial charge in [-0.25, -0.2) is 0 Å². The number of hydrogen-bond acceptors (Lipinski definition) is 5. The number of nitrogens with zero attached hydrogens (tertiary/aromatic N) is 1. The maximum absolute atomic E-state index is 11.6. The van der Waals surface area contributed by atoms with Crippen LogP contribution >= 0.6 is 11.8 Å². The first-order valence-electron chi connectivity index (χ1n) is 8.39. The van der Waals surface area contributed by atoms with E-state index in [1.807, 2.05) is 36.4 Å². The SMILES string of the molecule is CCc1ccc(C(O)COc2ccc(CC3SCNC3=O)cc2)nc1. The number of aryl methyl sites for hydroxylation is 1. The Morgan fingerprint density at radius 3 is 2.64 bits per heavy atom. The number of pyridine rings is 1. The van der Waals surface area contributed by atoms with Crippen LogP contribution in [0.5, 0.6) is 5.75 Å². The third kappa shape index (κ3) is 4.74. The van der Waals surface area contributed by atoms with Crippen molar-refractivity contribution in [2.24, 2.45) is 0 Å². The summed E-state index contributed by atoms with van der Waals surface area (Å²) >= 11 is 1.63. The number of aliphatic hydroxyl groups excluding tert-OH is 1. The normalized spacial score (nSPS) is 18.0. The lowest BCUT2D eigenvalue weighted by molar-refractivity contribution is -0.119. The van der Waals surface area contributed by atoms with Crippen LogP contribution in [0.1, 0.15) is 29.8 Å². The van der Waals surface area contributed by atoms with Crippen molar-refractivity contribution in [2.45, 2.75) is 31.1 Å². The number of nitrogens with one attached hydrogen (secondary N) is 1. The molecule has 0 spiro atoms. The third-order valence-corrected chi connectivity index (χ3v) is 5.27. The van der Waals surface area contributed by atoms with Crippen molar-refractivity contribution in [2.75, 3.05) is 12.5 Å². The van der Waals surface area contributed by atoms with Gasteiger partial charge in [-0.2, -0.15) is 0 Å². The number of rotatable bonds is 7. The highest BCUT2D eigenvalue weighted by molar-refractivity contribution is 8.01. The lowest BCUT2D eigenvalue weighted by atomic mass is 10.1. The van der Waals surface area contributed by atoms with Gasteiger partial charge < -0.3 is 15.2 Å². The molecular formula is C19H22N2O3S. The molecule has 1 aliphatic heterocycles. The molecule has 6 heteroatoms. The van der Waals surface area contributed by atoms with Crippen molar-refractivity contribution < 1.29 is 14.6 Å². The summed E-state index contributed by atoms with van der Waals surface area (Å²) in [6.07, 6.45) is 2.66. The first-order valence-corrected chi connectivity index (χ1v) is 9.44. The van der Waals surface area contributed by atoms with Crippen LogP contribution in [0.25, 0.3) is 0 Å². The number of ether oxygens (including phenoxy) is 1. The molecule has 25 heavy (non-hydrogen) atoms. The molecule has 1 amide bonds. The molecule has 1 fully saturated rings. The van der Waals surface area contributed by atoms with E-state index in [1.165, 1.54) is 0 Å². The molecule has 2 aromatic rings. The summed E-state index contributed by atoms with van der Waals surface area (Å²) in [7, 11) is 0. The molecule has 5 nitrogen and oxygen atoms in total. The Morgan fingerprint density at radius 1 is 1.28 bits per heavy atom. The standard InChI is InChI=1S/C19H22N2O3S/c1-2-13-5-8-16(20-10-13)17(22)11-24-15-6-3-14(4-7-15)9-18-19(23)21-12-25-18/h3-8,10,17-18,22H,2,9,11-12H2,1H3,(H,21,23). The summed E-state index contributed by atoms with van der Waals surface area (Å²) in [5.41, 5.74) is 2.85. The second-order valence-electron chi connectivity index (χ2n) is 5.96. The first kappa shape index (κ1) is 17.8. The minimum Gasteiger partial charge on any atom is -0.490 e. The number of aliphatic hydroxyl groups is 1. The number of hydrogen-bond donors (Lipinski definition) is 2. The number of thioether (sulfide) groups is 1. The highest BCUT2D eigenvalue weighted by Crippen LogP contribution is 2.22. The lowest BCUT2D eigenvalue weighted by Gasteiger charge is -2.13. The summed E-state index contributed by atoms with van der Waals surface area (Å²) in [6, 6.07) is 11.5. The molecule has 1 saturated heterocycles. The van der Waals surface area contributed by atoms with E-state index < -0.39 is 6.10 Å². The van der Waals surface area contributed by atoms with Crippen LogP contribution in [0, 0.1) is 0 Å². The minimum absolute atomic E-state index is 0.00856. The van der Waals surface area contributed by atoms with E-state index in [1.54, 1.807) is 18.0 Å². The van der Waals surface area contributed by atoms with Crippen LogP contribution in [-0.4, -0.2) is 33.7 Å². The van der Waals surface area contributed by atoms with Gasteiger partial charge in [-0.05, 0) is 42.2 Å². The minimum atomic E-state index is -0.760. The molecule has 1 aliphatic rings. The van der Waals surface area contributed by atoms with E-state index in [4.69, 9.17) is 4.74 Å². The Hall–Kier alpha value is -2.05. The van der Waals surface area contributed by atoms with E-state index in [2.05, 4.69) is 17.2 Å². The van der Waals surface area contributed by atoms with Crippen LogP contribution in [0.2, 0.25) is 0 Å². The topological polar surface area (TPSA) is 71.5 Å². The second-order valence-corrected chi connectivity index (χ2v) is 7.15. The van der Waals surface area contributed by atoms with Gasteiger partial charge in [0, 0.05) is 6.20 Å². The molecule has 132 valence electrons. The molecule has 2 unspecified atom stereocenters. The summed E-state index contributed by atoms with van der Waals surface area (Å²) in [6.45, 7) is 2.22. The maximum atomic E-state index is 11.6. The van der Waals surface area contributed by atoms with Gasteiger partial charge in [0.05, 0.1) is 16.8 Å². The number of carbonyl (C=O) groups excluding carboxylic acids is 1. The molecule has 2 atom stereocenters. The molecule has 2 heterocycles. The number of aromatic nitrogens is 1. The number of benzene rings is 1. The fourth-order valence-corrected chi connectivity index (χ4v) is 3.56. The van der Waals surface area contributed by atoms with E-state index in [-0.39, 0.29) is 17.8 Å². The number of amides is 1. The van der Waals surface area contributed by atoms with Gasteiger partial charge in [0.15, 0.2) is 0 Å². The van der Waals surface area contributed by atoms with Gasteiger partial charge >= 0.3 is 0 Å². The fourth-order valence-electron chi connectivity index (χ4n) is 2.59. The monoisotopic (exact) mass is 358 g/mol. The smallest absolute Gasteiger partial charge is 0.234 e. The molecule has 2 N–H and O–H groups in total. The Morgan fingerprint density at radius 2 is 2.04 bits per heavy atom. The largest absolute Gasteiger partial charge is 0.490 e. The predicted octanol–water partition coefficient (Wildman–Crippen LogP) is 2.49. The second kappa shape index (κ2) is 8.36. The van der Waals surface area contributed by atoms with Gasteiger partial charge in [-0.1, -0.05) is 25.1 Å². The zero-order chi connectivity index (χ0) is 17.6. The van der Waals surface area contributed by atoms with E-state index in [0.717, 1.165) is 17.5 Å². The van der Waals surface area contributed by atoms with Crippen molar-refractivity contribution in [1.82, 2.24) is 10.3 Å². The molecular weight excluding hydrogens is 336 g/mol. The van der Waals surface area contributed by atoms with Crippen molar-refractivity contribution in [1.29, 1.82) is 0 Å². The molecule has 1 aromatic carbocycles. The molecule has 3 rings (SSSR count). The van der Waals surface area contributed by atoms with Crippen molar-refractivity contribution in [3.05, 3.63) is 59.4 Å². The quantitative estimate of drug-likeness (QED) is 0.796. The highest BCUT2D eigenvalue weighted by atomic mass is 32.2. The number of carbonyl (C=O) groups is 1. The van der Waals surface area contributed by atoms with Crippen LogP contribution in [0.3, 0.4) is 0 Å². The third-order valence-electron chi connectivity index (χ3n) is 4.17. The lowest BCUT2D eigenvalue weighted by Crippen LogP contribution is -2.23. The van der Waals surface area contributed by atoms with E-state index in [0.29, 0.717) is 23.7 Å². The van der Waals surface area contributed by atoms with Crippen LogP contribution in [0.4, 0.5) is 0 Å². The average Bonchev–Trinajstić information content (AvgIpc) is 3.05. The first-order chi connectivity index (χ1) is 12.2. The Balaban J connectivity index is 1.51. The van der Waals surface area contributed by atoms with Gasteiger partial charge in [-0.3, -0.25) is 9.78 Å². The summed E-state index contributed by atoms with van der Waals surface area (Å²) in [5.74, 6) is 1.49. The van der Waals surface area contributed by atoms with Crippen molar-refractivity contribution in [3.8, 4) is 5.75 Å². The summed E-state index contributed by atoms with van der Waals surface area (Å²) < 4.78 is 5.65. The average molecular weight is 358 g/mol. The van der Waals surface area contributed by atoms with Gasteiger partial charge in [0.2, 0.25) is 5.91 Å². The molecule has 0 bridgehead atoms. The van der Waals surface area contributed by atoms with Gasteiger partial charge in [-0.15, -0.1) is 11.8 Å². The van der Waals surface area contributed by atoms with E-state index in [9.17, 15) is 9.90 Å². The van der Waals surface area contributed by atoms with Crippen LogP contribution in [-0.2, 0) is 17.6 Å². The summed E-state index contributed by atoms with van der Waals surface area (Å²) in [5, 5.41) is 13.0. The van der Waals surface area contributed by atoms with Crippen LogP contribution < -0.4 is 10.1 Å². The molecule has 1 aromatic heterocycles. The molecule has 0 saturated carbocycles. The van der Waals surface area contributed by atoms with Crippen LogP contribution in [0.15, 0.2) is 42.6 Å². The Labute approximate surface area is 151 Å². The highest BCUT2D eigenvalue weighted by Gasteiger charge is 2.24. The summed E-state index contributed by atoms with van der Waals surface area (Å²) in [4.78, 5) is 15.9. The van der Waals surface area contributed by atoms with Gasteiger partial charge in [0.25, 0.3) is 0 Å². The van der Waals surface area contributed by atoms with Gasteiger partial charge in [0.1, 0.15) is 18.5 Å². The van der Waals surface area contributed by atoms with Crippen molar-refractivity contribution >= 4 is 17.7 Å². The zero-order valence-corrected chi connectivity index (χ0v) is 15.0. The van der Waals surface area contributed by atoms with E-state index >= 15 is 0 Å². The fraction of sp³-hybridized carbons (Fsp3) is 0.368. The predicted molar refractivity (Wildman–Crippen MR) is 98.6 cm³/mol.